The smallest absolute Gasteiger partial charge is 0.144 e. The standard InChI is InChI=1S/C9H19NOS/c1-8(2)6-7-10-12(11)9(3,4)5/h7-8H,6H2,1-5H3/t12-/m1/s1. The lowest BCUT2D eigenvalue weighted by Gasteiger charge is -2.17. The molecule has 1 atom stereocenters. The molecule has 0 saturated heterocycles. The Morgan fingerprint density at radius 2 is 1.92 bits per heavy atom. The van der Waals surface area contributed by atoms with Crippen LogP contribution in [0.4, 0.5) is 0 Å². The zero-order valence-corrected chi connectivity index (χ0v) is 9.44. The van der Waals surface area contributed by atoms with Crippen LogP contribution in [0.1, 0.15) is 41.0 Å². The van der Waals surface area contributed by atoms with Crippen molar-refractivity contribution in [2.45, 2.75) is 45.8 Å². The molecule has 0 unspecified atom stereocenters. The van der Waals surface area contributed by atoms with Crippen molar-refractivity contribution in [1.82, 2.24) is 0 Å². The van der Waals surface area contributed by atoms with Gasteiger partial charge in [-0.2, -0.15) is 0 Å². The molecular weight excluding hydrogens is 170 g/mol. The average Bonchev–Trinajstić information content (AvgIpc) is 1.84. The van der Waals surface area contributed by atoms with Crippen molar-refractivity contribution in [2.75, 3.05) is 0 Å². The first kappa shape index (κ1) is 12.0. The fourth-order valence-corrected chi connectivity index (χ4v) is 1.02. The molecule has 0 N–H and O–H groups in total. The van der Waals surface area contributed by atoms with Gasteiger partial charge in [0, 0.05) is 0 Å². The molecule has 3 heteroatoms. The Kier molecular flexibility index (Phi) is 4.87. The van der Waals surface area contributed by atoms with Gasteiger partial charge in [-0.25, -0.2) is 0 Å². The second-order valence-corrected chi connectivity index (χ2v) is 6.21. The zero-order chi connectivity index (χ0) is 9.78. The molecule has 0 aliphatic heterocycles. The molecule has 0 aliphatic rings. The van der Waals surface area contributed by atoms with Crippen molar-refractivity contribution in [3.63, 3.8) is 0 Å². The second kappa shape index (κ2) is 4.87. The minimum absolute atomic E-state index is 0.229. The van der Waals surface area contributed by atoms with E-state index >= 15 is 0 Å². The molecule has 0 heterocycles. The second-order valence-electron chi connectivity index (χ2n) is 4.28. The van der Waals surface area contributed by atoms with E-state index in [4.69, 9.17) is 0 Å². The van der Waals surface area contributed by atoms with E-state index in [9.17, 15) is 4.55 Å². The number of nitrogens with zero attached hydrogens (tertiary/aromatic N) is 1. The van der Waals surface area contributed by atoms with Gasteiger partial charge in [0.2, 0.25) is 0 Å². The summed E-state index contributed by atoms with van der Waals surface area (Å²) >= 11 is -1.08. The summed E-state index contributed by atoms with van der Waals surface area (Å²) in [5.41, 5.74) is 0. The molecule has 0 saturated carbocycles. The lowest BCUT2D eigenvalue weighted by molar-refractivity contribution is 0.561. The highest BCUT2D eigenvalue weighted by atomic mass is 32.2. The third kappa shape index (κ3) is 5.61. The number of hydrogen-bond acceptors (Lipinski definition) is 2. The van der Waals surface area contributed by atoms with E-state index in [0.717, 1.165) is 6.42 Å². The van der Waals surface area contributed by atoms with Gasteiger partial charge in [0.25, 0.3) is 0 Å². The van der Waals surface area contributed by atoms with E-state index < -0.39 is 11.4 Å². The van der Waals surface area contributed by atoms with Crippen LogP contribution in [0.5, 0.6) is 0 Å². The van der Waals surface area contributed by atoms with Crippen LogP contribution in [0.15, 0.2) is 4.40 Å². The Balaban J connectivity index is 3.84. The monoisotopic (exact) mass is 189 g/mol. The van der Waals surface area contributed by atoms with Crippen LogP contribution < -0.4 is 0 Å². The molecule has 0 aliphatic carbocycles. The zero-order valence-electron chi connectivity index (χ0n) is 8.63. The van der Waals surface area contributed by atoms with Crippen molar-refractivity contribution in [3.8, 4) is 0 Å². The van der Waals surface area contributed by atoms with Crippen molar-refractivity contribution >= 4 is 17.6 Å². The largest absolute Gasteiger partial charge is 0.591 e. The molecule has 0 aromatic carbocycles. The fraction of sp³-hybridized carbons (Fsp3) is 0.889. The van der Waals surface area contributed by atoms with Crippen LogP contribution in [-0.2, 0) is 11.4 Å². The molecule has 0 spiro atoms. The Bertz CT molecular complexity index is 149. The van der Waals surface area contributed by atoms with Gasteiger partial charge in [-0.1, -0.05) is 18.2 Å². The third-order valence-corrected chi connectivity index (χ3v) is 2.66. The molecule has 12 heavy (non-hydrogen) atoms. The van der Waals surface area contributed by atoms with E-state index in [-0.39, 0.29) is 4.75 Å². The van der Waals surface area contributed by atoms with Crippen molar-refractivity contribution in [1.29, 1.82) is 0 Å². The summed E-state index contributed by atoms with van der Waals surface area (Å²) in [5.74, 6) is 0.589. The molecule has 0 radical (unpaired) electrons. The highest BCUT2D eigenvalue weighted by molar-refractivity contribution is 7.91. The summed E-state index contributed by atoms with van der Waals surface area (Å²) in [6, 6.07) is 0. The minimum atomic E-state index is -1.08. The molecule has 0 fully saturated rings. The summed E-state index contributed by atoms with van der Waals surface area (Å²) < 4.78 is 15.1. The van der Waals surface area contributed by atoms with Gasteiger partial charge in [0.05, 0.1) is 6.21 Å². The summed E-state index contributed by atoms with van der Waals surface area (Å²) in [7, 11) is 0. The Morgan fingerprint density at radius 3 is 2.25 bits per heavy atom. The average molecular weight is 189 g/mol. The van der Waals surface area contributed by atoms with Gasteiger partial charge in [0.1, 0.15) is 16.1 Å². The molecule has 0 aromatic rings. The van der Waals surface area contributed by atoms with Crippen LogP contribution in [0.3, 0.4) is 0 Å². The molecule has 2 nitrogen and oxygen atoms in total. The van der Waals surface area contributed by atoms with Crippen LogP contribution in [0, 0.1) is 5.92 Å². The third-order valence-electron chi connectivity index (χ3n) is 1.27. The lowest BCUT2D eigenvalue weighted by Crippen LogP contribution is -2.25. The molecule has 0 amide bonds. The van der Waals surface area contributed by atoms with Gasteiger partial charge in [0.15, 0.2) is 0 Å². The van der Waals surface area contributed by atoms with Crippen molar-refractivity contribution in [2.24, 2.45) is 10.3 Å². The van der Waals surface area contributed by atoms with Gasteiger partial charge in [-0.3, -0.25) is 0 Å². The first-order valence-corrected chi connectivity index (χ1v) is 5.39. The van der Waals surface area contributed by atoms with Crippen LogP contribution >= 0.6 is 0 Å². The highest BCUT2D eigenvalue weighted by Crippen LogP contribution is 2.16. The lowest BCUT2D eigenvalue weighted by atomic mass is 10.2. The molecule has 0 rings (SSSR count). The summed E-state index contributed by atoms with van der Waals surface area (Å²) in [4.78, 5) is 0. The molecule has 0 bridgehead atoms. The number of hydrogen-bond donors (Lipinski definition) is 0. The van der Waals surface area contributed by atoms with E-state index in [0.29, 0.717) is 5.92 Å². The maximum atomic E-state index is 11.4. The van der Waals surface area contributed by atoms with Gasteiger partial charge < -0.3 is 4.55 Å². The molecule has 72 valence electrons. The first-order valence-electron chi connectivity index (χ1n) is 4.28. The van der Waals surface area contributed by atoms with Crippen molar-refractivity contribution < 1.29 is 4.55 Å². The SMILES string of the molecule is CC(C)CC=N[S@+]([O-])C(C)(C)C. The first-order chi connectivity index (χ1) is 5.34. The Morgan fingerprint density at radius 1 is 1.42 bits per heavy atom. The minimum Gasteiger partial charge on any atom is -0.591 e. The predicted octanol–water partition coefficient (Wildman–Crippen LogP) is 2.57. The van der Waals surface area contributed by atoms with Crippen LogP contribution in [-0.4, -0.2) is 15.5 Å². The van der Waals surface area contributed by atoms with Crippen LogP contribution in [0.25, 0.3) is 0 Å². The summed E-state index contributed by atoms with van der Waals surface area (Å²) in [5, 5.41) is 0. The van der Waals surface area contributed by atoms with E-state index in [1.165, 1.54) is 0 Å². The van der Waals surface area contributed by atoms with E-state index in [2.05, 4.69) is 18.2 Å². The quantitative estimate of drug-likeness (QED) is 0.496. The maximum Gasteiger partial charge on any atom is 0.144 e. The van der Waals surface area contributed by atoms with Crippen molar-refractivity contribution in [3.05, 3.63) is 0 Å². The topological polar surface area (TPSA) is 35.4 Å². The predicted molar refractivity (Wildman–Crippen MR) is 55.8 cm³/mol. The van der Waals surface area contributed by atoms with E-state index in [1.807, 2.05) is 20.8 Å². The van der Waals surface area contributed by atoms with Crippen LogP contribution in [0.2, 0.25) is 0 Å². The van der Waals surface area contributed by atoms with Gasteiger partial charge >= 0.3 is 0 Å². The molecular formula is C9H19NOS. The number of rotatable bonds is 3. The maximum absolute atomic E-state index is 11.4. The Labute approximate surface area is 78.8 Å². The summed E-state index contributed by atoms with van der Waals surface area (Å²) in [6.45, 7) is 10.0. The highest BCUT2D eigenvalue weighted by Gasteiger charge is 2.25. The van der Waals surface area contributed by atoms with E-state index in [1.54, 1.807) is 6.21 Å². The summed E-state index contributed by atoms with van der Waals surface area (Å²) in [6.07, 6.45) is 2.67. The Hall–Kier alpha value is -0.0200. The van der Waals surface area contributed by atoms with Gasteiger partial charge in [-0.05, 0) is 33.1 Å². The molecule has 0 aromatic heterocycles. The van der Waals surface area contributed by atoms with Gasteiger partial charge in [-0.15, -0.1) is 0 Å². The fourth-order valence-electron chi connectivity index (χ4n) is 0.480. The normalized spacial score (nSPS) is 15.9.